The van der Waals surface area contributed by atoms with Crippen molar-refractivity contribution in [3.05, 3.63) is 0 Å². The van der Waals surface area contributed by atoms with Crippen LogP contribution in [0.1, 0.15) is 32.6 Å². The van der Waals surface area contributed by atoms with Crippen LogP contribution in [-0.4, -0.2) is 46.4 Å². The number of halogens is 2. The van der Waals surface area contributed by atoms with Crippen molar-refractivity contribution in [2.45, 2.75) is 50.6 Å². The summed E-state index contributed by atoms with van der Waals surface area (Å²) in [6.07, 6.45) is 1.08. The number of nitrogens with zero attached hydrogens (tertiary/aromatic N) is 1. The Labute approximate surface area is 104 Å². The molecule has 1 fully saturated rings. The lowest BCUT2D eigenvalue weighted by Gasteiger charge is -2.24. The zero-order valence-corrected chi connectivity index (χ0v) is 10.2. The molecular weight excluding hydrogens is 246 g/mol. The van der Waals surface area contributed by atoms with Crippen molar-refractivity contribution in [3.8, 4) is 0 Å². The number of alkyl halides is 2. The van der Waals surface area contributed by atoms with Crippen molar-refractivity contribution in [2.24, 2.45) is 5.73 Å². The van der Waals surface area contributed by atoms with Gasteiger partial charge in [-0.15, -0.1) is 0 Å². The molecule has 7 heteroatoms. The second-order valence-electron chi connectivity index (χ2n) is 4.63. The van der Waals surface area contributed by atoms with Crippen molar-refractivity contribution in [3.63, 3.8) is 0 Å². The summed E-state index contributed by atoms with van der Waals surface area (Å²) in [7, 11) is 0. The standard InChI is InChI=1S/C11H18F2N2O3/c1-2-3-4-7(14)9(16)15-6-11(12,13)5-8(15)10(17)18/h7-8H,2-6,14H2,1H3,(H,17,18)/t7-,8-/m0/s1. The summed E-state index contributed by atoms with van der Waals surface area (Å²) in [5, 5.41) is 8.85. The fraction of sp³-hybridized carbons (Fsp3) is 0.818. The van der Waals surface area contributed by atoms with Gasteiger partial charge >= 0.3 is 5.97 Å². The first-order chi connectivity index (χ1) is 8.28. The number of carboxylic acids is 1. The lowest BCUT2D eigenvalue weighted by atomic mass is 10.1. The summed E-state index contributed by atoms with van der Waals surface area (Å²) in [4.78, 5) is 23.4. The second-order valence-corrected chi connectivity index (χ2v) is 4.63. The van der Waals surface area contributed by atoms with Crippen LogP contribution in [0.3, 0.4) is 0 Å². The SMILES string of the molecule is CCCC[C@H](N)C(=O)N1CC(F)(F)C[C@H]1C(=O)O. The van der Waals surface area contributed by atoms with Gasteiger partial charge in [-0.3, -0.25) is 4.79 Å². The number of aliphatic carboxylic acids is 1. The van der Waals surface area contributed by atoms with Gasteiger partial charge in [0, 0.05) is 6.42 Å². The topological polar surface area (TPSA) is 83.6 Å². The van der Waals surface area contributed by atoms with E-state index in [0.29, 0.717) is 17.7 Å². The molecule has 0 saturated carbocycles. The Balaban J connectivity index is 2.73. The number of unbranched alkanes of at least 4 members (excludes halogenated alkanes) is 1. The highest BCUT2D eigenvalue weighted by Gasteiger charge is 2.50. The molecule has 0 radical (unpaired) electrons. The third-order valence-corrected chi connectivity index (χ3v) is 3.02. The largest absolute Gasteiger partial charge is 0.480 e. The van der Waals surface area contributed by atoms with Crippen molar-refractivity contribution < 1.29 is 23.5 Å². The first kappa shape index (κ1) is 14.8. The molecule has 1 aliphatic rings. The van der Waals surface area contributed by atoms with Gasteiger partial charge in [0.2, 0.25) is 5.91 Å². The van der Waals surface area contributed by atoms with Gasteiger partial charge < -0.3 is 15.7 Å². The minimum Gasteiger partial charge on any atom is -0.480 e. The van der Waals surface area contributed by atoms with Crippen molar-refractivity contribution in [1.82, 2.24) is 4.90 Å². The van der Waals surface area contributed by atoms with Crippen LogP contribution in [0.5, 0.6) is 0 Å². The van der Waals surface area contributed by atoms with E-state index in [2.05, 4.69) is 0 Å². The van der Waals surface area contributed by atoms with Crippen LogP contribution >= 0.6 is 0 Å². The number of rotatable bonds is 5. The van der Waals surface area contributed by atoms with Crippen LogP contribution in [0.4, 0.5) is 8.78 Å². The van der Waals surface area contributed by atoms with Gasteiger partial charge in [-0.1, -0.05) is 19.8 Å². The van der Waals surface area contributed by atoms with E-state index in [0.717, 1.165) is 6.42 Å². The Morgan fingerprint density at radius 2 is 2.17 bits per heavy atom. The van der Waals surface area contributed by atoms with Crippen molar-refractivity contribution in [2.75, 3.05) is 6.54 Å². The number of nitrogens with two attached hydrogens (primary N) is 1. The summed E-state index contributed by atoms with van der Waals surface area (Å²) in [6, 6.07) is -2.37. The monoisotopic (exact) mass is 264 g/mol. The average Bonchev–Trinajstić information content (AvgIpc) is 2.61. The van der Waals surface area contributed by atoms with E-state index in [9.17, 15) is 18.4 Å². The average molecular weight is 264 g/mol. The number of carboxylic acid groups (broad SMARTS) is 1. The molecule has 5 nitrogen and oxygen atoms in total. The molecule has 18 heavy (non-hydrogen) atoms. The fourth-order valence-corrected chi connectivity index (χ4v) is 2.03. The third-order valence-electron chi connectivity index (χ3n) is 3.02. The van der Waals surface area contributed by atoms with Crippen LogP contribution in [0.2, 0.25) is 0 Å². The normalized spacial score (nSPS) is 24.0. The summed E-state index contributed by atoms with van der Waals surface area (Å²) >= 11 is 0. The number of carbonyl (C=O) groups is 2. The maximum atomic E-state index is 13.2. The molecular formula is C11H18F2N2O3. The number of carbonyl (C=O) groups excluding carboxylic acids is 1. The van der Waals surface area contributed by atoms with Crippen LogP contribution < -0.4 is 5.73 Å². The van der Waals surface area contributed by atoms with Crippen LogP contribution in [-0.2, 0) is 9.59 Å². The highest BCUT2D eigenvalue weighted by Crippen LogP contribution is 2.32. The van der Waals surface area contributed by atoms with E-state index in [-0.39, 0.29) is 0 Å². The number of hydrogen-bond donors (Lipinski definition) is 2. The third kappa shape index (κ3) is 3.38. The summed E-state index contributed by atoms with van der Waals surface area (Å²) in [5.41, 5.74) is 5.61. The van der Waals surface area contributed by atoms with E-state index >= 15 is 0 Å². The molecule has 0 aromatic carbocycles. The molecule has 1 heterocycles. The molecule has 1 saturated heterocycles. The lowest BCUT2D eigenvalue weighted by Crippen LogP contribution is -2.48. The van der Waals surface area contributed by atoms with Gasteiger partial charge in [0.25, 0.3) is 5.92 Å². The van der Waals surface area contributed by atoms with Crippen LogP contribution in [0.25, 0.3) is 0 Å². The molecule has 0 spiro atoms. The van der Waals surface area contributed by atoms with E-state index in [4.69, 9.17) is 10.8 Å². The summed E-state index contributed by atoms with van der Waals surface area (Å²) < 4.78 is 26.4. The molecule has 0 unspecified atom stereocenters. The molecule has 0 bridgehead atoms. The van der Waals surface area contributed by atoms with Gasteiger partial charge in [-0.2, -0.15) is 0 Å². The number of amides is 1. The Morgan fingerprint density at radius 1 is 1.56 bits per heavy atom. The molecule has 3 N–H and O–H groups in total. The number of likely N-dealkylation sites (tertiary alicyclic amines) is 1. The Kier molecular flexibility index (Phi) is 4.61. The van der Waals surface area contributed by atoms with Gasteiger partial charge in [-0.25, -0.2) is 13.6 Å². The minimum absolute atomic E-state index is 0.379. The van der Waals surface area contributed by atoms with Crippen LogP contribution in [0, 0.1) is 0 Å². The van der Waals surface area contributed by atoms with E-state index in [1.165, 1.54) is 0 Å². The van der Waals surface area contributed by atoms with Crippen molar-refractivity contribution in [1.29, 1.82) is 0 Å². The highest BCUT2D eigenvalue weighted by molar-refractivity contribution is 5.87. The molecule has 0 aliphatic carbocycles. The molecule has 1 aliphatic heterocycles. The smallest absolute Gasteiger partial charge is 0.326 e. The minimum atomic E-state index is -3.15. The zero-order chi connectivity index (χ0) is 13.9. The second kappa shape index (κ2) is 5.60. The predicted octanol–water partition coefficient (Wildman–Crippen LogP) is 0.825. The fourth-order valence-electron chi connectivity index (χ4n) is 2.03. The van der Waals surface area contributed by atoms with E-state index in [1.807, 2.05) is 6.92 Å². The van der Waals surface area contributed by atoms with Crippen LogP contribution in [0.15, 0.2) is 0 Å². The molecule has 0 aromatic heterocycles. The highest BCUT2D eigenvalue weighted by atomic mass is 19.3. The van der Waals surface area contributed by atoms with Gasteiger partial charge in [0.05, 0.1) is 12.6 Å². The molecule has 104 valence electrons. The van der Waals surface area contributed by atoms with Crippen molar-refractivity contribution >= 4 is 11.9 Å². The number of hydrogen-bond acceptors (Lipinski definition) is 3. The van der Waals surface area contributed by atoms with Gasteiger partial charge in [-0.05, 0) is 6.42 Å². The predicted molar refractivity (Wildman–Crippen MR) is 60.2 cm³/mol. The summed E-state index contributed by atoms with van der Waals surface area (Å²) in [6.45, 7) is 1.06. The van der Waals surface area contributed by atoms with Gasteiger partial charge in [0.1, 0.15) is 6.04 Å². The maximum absolute atomic E-state index is 13.2. The van der Waals surface area contributed by atoms with Gasteiger partial charge in [0.15, 0.2) is 0 Å². The molecule has 1 rings (SSSR count). The first-order valence-electron chi connectivity index (χ1n) is 5.95. The quantitative estimate of drug-likeness (QED) is 0.770. The lowest BCUT2D eigenvalue weighted by molar-refractivity contribution is -0.148. The molecule has 1 amide bonds. The summed E-state index contributed by atoms with van der Waals surface area (Å²) in [5.74, 6) is -5.26. The first-order valence-corrected chi connectivity index (χ1v) is 5.95. The molecule has 0 aromatic rings. The van der Waals surface area contributed by atoms with E-state index < -0.39 is 42.8 Å². The zero-order valence-electron chi connectivity index (χ0n) is 10.2. The Hall–Kier alpha value is -1.24. The maximum Gasteiger partial charge on any atom is 0.326 e. The van der Waals surface area contributed by atoms with E-state index in [1.54, 1.807) is 0 Å². The Morgan fingerprint density at radius 3 is 2.67 bits per heavy atom. The Bertz CT molecular complexity index is 336. The molecule has 2 atom stereocenters.